The third-order valence-corrected chi connectivity index (χ3v) is 5.51. The number of pyridine rings is 2. The van der Waals surface area contributed by atoms with Crippen LogP contribution in [-0.4, -0.2) is 20.4 Å². The van der Waals surface area contributed by atoms with Gasteiger partial charge in [-0.15, -0.1) is 0 Å². The second-order valence-corrected chi connectivity index (χ2v) is 7.92. The Balaban J connectivity index is 1.65. The number of imidazole rings is 1. The Hall–Kier alpha value is -2.36. The second-order valence-electron chi connectivity index (χ2n) is 7.92. The van der Waals surface area contributed by atoms with E-state index < -0.39 is 0 Å². The minimum Gasteiger partial charge on any atom is -0.367 e. The molecule has 0 bridgehead atoms. The summed E-state index contributed by atoms with van der Waals surface area (Å²) in [7, 11) is 0. The SMILES string of the molecule is Cc1ccn2c(-c3cccc(NC4CCCCC4(C)C)n3)cnc2c1. The summed E-state index contributed by atoms with van der Waals surface area (Å²) in [4.78, 5) is 9.40. The van der Waals surface area contributed by atoms with Crippen LogP contribution in [0.5, 0.6) is 0 Å². The largest absolute Gasteiger partial charge is 0.367 e. The van der Waals surface area contributed by atoms with Crippen molar-refractivity contribution in [1.82, 2.24) is 14.4 Å². The van der Waals surface area contributed by atoms with Crippen molar-refractivity contribution in [2.24, 2.45) is 5.41 Å². The van der Waals surface area contributed by atoms with E-state index in [0.29, 0.717) is 11.5 Å². The van der Waals surface area contributed by atoms with E-state index in [9.17, 15) is 0 Å². The van der Waals surface area contributed by atoms with E-state index in [-0.39, 0.29) is 0 Å². The number of hydrogen-bond donors (Lipinski definition) is 1. The Labute approximate surface area is 149 Å². The van der Waals surface area contributed by atoms with Crippen LogP contribution < -0.4 is 5.32 Å². The van der Waals surface area contributed by atoms with Gasteiger partial charge in [-0.1, -0.05) is 32.8 Å². The first kappa shape index (κ1) is 16.1. The molecule has 0 aliphatic heterocycles. The van der Waals surface area contributed by atoms with Gasteiger partial charge in [0.2, 0.25) is 0 Å². The lowest BCUT2D eigenvalue weighted by molar-refractivity contribution is 0.216. The molecule has 4 nitrogen and oxygen atoms in total. The zero-order valence-corrected chi connectivity index (χ0v) is 15.3. The molecular formula is C21H26N4. The van der Waals surface area contributed by atoms with Gasteiger partial charge in [0, 0.05) is 12.2 Å². The van der Waals surface area contributed by atoms with Crippen LogP contribution in [0.1, 0.15) is 45.1 Å². The molecule has 0 aromatic carbocycles. The van der Waals surface area contributed by atoms with Gasteiger partial charge >= 0.3 is 0 Å². The van der Waals surface area contributed by atoms with Crippen molar-refractivity contribution in [3.05, 3.63) is 48.3 Å². The molecule has 1 N–H and O–H groups in total. The highest BCUT2D eigenvalue weighted by atomic mass is 15.1. The van der Waals surface area contributed by atoms with Crippen LogP contribution >= 0.6 is 0 Å². The molecule has 3 aromatic rings. The number of hydrogen-bond acceptors (Lipinski definition) is 3. The minimum atomic E-state index is 0.316. The lowest BCUT2D eigenvalue weighted by Gasteiger charge is -2.39. The van der Waals surface area contributed by atoms with Gasteiger partial charge in [-0.3, -0.25) is 4.40 Å². The molecule has 3 aromatic heterocycles. The normalized spacial score (nSPS) is 19.9. The summed E-state index contributed by atoms with van der Waals surface area (Å²) in [5.74, 6) is 0.958. The van der Waals surface area contributed by atoms with E-state index >= 15 is 0 Å². The number of rotatable bonds is 3. The van der Waals surface area contributed by atoms with Gasteiger partial charge in [-0.05, 0) is 55.0 Å². The van der Waals surface area contributed by atoms with Crippen molar-refractivity contribution >= 4 is 11.5 Å². The van der Waals surface area contributed by atoms with Gasteiger partial charge in [0.25, 0.3) is 0 Å². The van der Waals surface area contributed by atoms with Gasteiger partial charge in [0.15, 0.2) is 0 Å². The summed E-state index contributed by atoms with van der Waals surface area (Å²) in [6, 6.07) is 10.9. The molecule has 1 aliphatic rings. The number of anilines is 1. The predicted octanol–water partition coefficient (Wildman–Crippen LogP) is 5.09. The molecule has 0 spiro atoms. The maximum absolute atomic E-state index is 4.88. The van der Waals surface area contributed by atoms with Crippen LogP contribution in [0.2, 0.25) is 0 Å². The molecule has 1 saturated carbocycles. The van der Waals surface area contributed by atoms with Crippen molar-refractivity contribution < 1.29 is 0 Å². The van der Waals surface area contributed by atoms with Gasteiger partial charge < -0.3 is 5.32 Å². The Morgan fingerprint density at radius 3 is 2.92 bits per heavy atom. The van der Waals surface area contributed by atoms with Crippen LogP contribution in [0.25, 0.3) is 17.0 Å². The van der Waals surface area contributed by atoms with Gasteiger partial charge in [-0.25, -0.2) is 9.97 Å². The first-order chi connectivity index (χ1) is 12.0. The van der Waals surface area contributed by atoms with Crippen LogP contribution in [0.4, 0.5) is 5.82 Å². The highest BCUT2D eigenvalue weighted by Crippen LogP contribution is 2.37. The Morgan fingerprint density at radius 1 is 1.20 bits per heavy atom. The maximum atomic E-state index is 4.88. The molecule has 1 aliphatic carbocycles. The quantitative estimate of drug-likeness (QED) is 0.726. The van der Waals surface area contributed by atoms with Crippen LogP contribution in [-0.2, 0) is 0 Å². The van der Waals surface area contributed by atoms with E-state index in [0.717, 1.165) is 22.9 Å². The predicted molar refractivity (Wildman–Crippen MR) is 103 cm³/mol. The van der Waals surface area contributed by atoms with Crippen molar-refractivity contribution in [2.45, 2.75) is 52.5 Å². The lowest BCUT2D eigenvalue weighted by atomic mass is 9.73. The molecule has 1 unspecified atom stereocenters. The summed E-state index contributed by atoms with van der Waals surface area (Å²) >= 11 is 0. The smallest absolute Gasteiger partial charge is 0.137 e. The number of nitrogens with one attached hydrogen (secondary N) is 1. The average molecular weight is 334 g/mol. The third kappa shape index (κ3) is 3.13. The number of fused-ring (bicyclic) bond motifs is 1. The minimum absolute atomic E-state index is 0.316. The standard InChI is InChI=1S/C21H26N4/c1-15-10-12-25-17(14-22-20(25)13-15)16-7-6-9-19(23-16)24-18-8-4-5-11-21(18,2)3/h6-7,9-10,12-14,18H,4-5,8,11H2,1-3H3,(H,23,24). The second kappa shape index (κ2) is 6.17. The molecule has 130 valence electrons. The highest BCUT2D eigenvalue weighted by molar-refractivity contribution is 5.62. The fourth-order valence-corrected chi connectivity index (χ4v) is 3.87. The maximum Gasteiger partial charge on any atom is 0.137 e. The molecule has 4 rings (SSSR count). The Kier molecular flexibility index (Phi) is 3.98. The molecule has 1 fully saturated rings. The Morgan fingerprint density at radius 2 is 2.08 bits per heavy atom. The monoisotopic (exact) mass is 334 g/mol. The van der Waals surface area contributed by atoms with Gasteiger partial charge in [0.05, 0.1) is 17.6 Å². The fraction of sp³-hybridized carbons (Fsp3) is 0.429. The van der Waals surface area contributed by atoms with Gasteiger partial charge in [-0.2, -0.15) is 0 Å². The van der Waals surface area contributed by atoms with Crippen molar-refractivity contribution in [2.75, 3.05) is 5.32 Å². The van der Waals surface area contributed by atoms with E-state index in [1.807, 2.05) is 6.20 Å². The van der Waals surface area contributed by atoms with Gasteiger partial charge in [0.1, 0.15) is 11.5 Å². The lowest BCUT2D eigenvalue weighted by Crippen LogP contribution is -2.39. The molecular weight excluding hydrogens is 308 g/mol. The van der Waals surface area contributed by atoms with E-state index in [2.05, 4.69) is 72.0 Å². The third-order valence-electron chi connectivity index (χ3n) is 5.51. The van der Waals surface area contributed by atoms with Crippen LogP contribution in [0.3, 0.4) is 0 Å². The topological polar surface area (TPSA) is 42.2 Å². The van der Waals surface area contributed by atoms with Crippen LogP contribution in [0.15, 0.2) is 42.7 Å². The molecule has 25 heavy (non-hydrogen) atoms. The first-order valence-electron chi connectivity index (χ1n) is 9.21. The zero-order chi connectivity index (χ0) is 17.4. The molecule has 0 saturated heterocycles. The molecule has 1 atom stereocenters. The molecule has 4 heteroatoms. The summed E-state index contributed by atoms with van der Waals surface area (Å²) < 4.78 is 2.10. The molecule has 0 amide bonds. The highest BCUT2D eigenvalue weighted by Gasteiger charge is 2.32. The number of aromatic nitrogens is 3. The van der Waals surface area contributed by atoms with Crippen molar-refractivity contribution in [3.63, 3.8) is 0 Å². The molecule has 3 heterocycles. The van der Waals surface area contributed by atoms with Crippen LogP contribution in [0, 0.1) is 12.3 Å². The number of nitrogens with zero attached hydrogens (tertiary/aromatic N) is 3. The van der Waals surface area contributed by atoms with Crippen molar-refractivity contribution in [3.8, 4) is 11.4 Å². The van der Waals surface area contributed by atoms with E-state index in [1.165, 1.54) is 31.2 Å². The fourth-order valence-electron chi connectivity index (χ4n) is 3.87. The average Bonchev–Trinajstić information content (AvgIpc) is 3.00. The van der Waals surface area contributed by atoms with E-state index in [1.54, 1.807) is 0 Å². The van der Waals surface area contributed by atoms with Crippen molar-refractivity contribution in [1.29, 1.82) is 0 Å². The Bertz CT molecular complexity index is 894. The molecule has 0 radical (unpaired) electrons. The first-order valence-corrected chi connectivity index (χ1v) is 9.21. The van der Waals surface area contributed by atoms with E-state index in [4.69, 9.17) is 4.98 Å². The summed E-state index contributed by atoms with van der Waals surface area (Å²) in [6.45, 7) is 6.81. The summed E-state index contributed by atoms with van der Waals surface area (Å²) in [5.41, 5.74) is 4.48. The zero-order valence-electron chi connectivity index (χ0n) is 15.3. The number of aryl methyl sites for hydroxylation is 1. The summed E-state index contributed by atoms with van der Waals surface area (Å²) in [6.07, 6.45) is 9.10. The summed E-state index contributed by atoms with van der Waals surface area (Å²) in [5, 5.41) is 3.69.